The molecule has 3 nitrogen and oxygen atoms in total. The molecule has 15 heavy (non-hydrogen) atoms. The fourth-order valence-corrected chi connectivity index (χ4v) is 1.38. The number of pyridine rings is 1. The largest absolute Gasteiger partial charge is 0.385 e. The highest BCUT2D eigenvalue weighted by molar-refractivity contribution is 5.72. The number of nitrogens with zero attached hydrogens (tertiary/aromatic N) is 1. The summed E-state index contributed by atoms with van der Waals surface area (Å²) in [6.45, 7) is 0. The first-order chi connectivity index (χ1) is 7.40. The van der Waals surface area contributed by atoms with Crippen LogP contribution in [-0.4, -0.2) is 12.0 Å². The van der Waals surface area contributed by atoms with Crippen molar-refractivity contribution in [2.45, 2.75) is 0 Å². The first-order valence-corrected chi connectivity index (χ1v) is 4.84. The summed E-state index contributed by atoms with van der Waals surface area (Å²) in [7, 11) is 1.88. The summed E-state index contributed by atoms with van der Waals surface area (Å²) in [5.74, 6) is 0. The number of rotatable bonds is 3. The van der Waals surface area contributed by atoms with E-state index in [1.54, 1.807) is 12.4 Å². The SMILES string of the molecule is CNc1cnccc1Nc1ccccc1. The second-order valence-corrected chi connectivity index (χ2v) is 3.16. The van der Waals surface area contributed by atoms with E-state index in [0.29, 0.717) is 0 Å². The van der Waals surface area contributed by atoms with Gasteiger partial charge in [0.1, 0.15) is 0 Å². The summed E-state index contributed by atoms with van der Waals surface area (Å²) >= 11 is 0. The normalized spacial score (nSPS) is 9.67. The molecule has 0 radical (unpaired) electrons. The van der Waals surface area contributed by atoms with Crippen LogP contribution < -0.4 is 10.6 Å². The summed E-state index contributed by atoms with van der Waals surface area (Å²) < 4.78 is 0. The van der Waals surface area contributed by atoms with Crippen LogP contribution in [0.25, 0.3) is 0 Å². The van der Waals surface area contributed by atoms with Gasteiger partial charge in [-0.15, -0.1) is 0 Å². The van der Waals surface area contributed by atoms with Crippen molar-refractivity contribution in [1.29, 1.82) is 0 Å². The van der Waals surface area contributed by atoms with E-state index in [-0.39, 0.29) is 0 Å². The molecule has 0 saturated heterocycles. The highest BCUT2D eigenvalue weighted by Crippen LogP contribution is 2.23. The second kappa shape index (κ2) is 4.46. The quantitative estimate of drug-likeness (QED) is 0.798. The molecule has 1 aromatic heterocycles. The highest BCUT2D eigenvalue weighted by atomic mass is 15.0. The predicted octanol–water partition coefficient (Wildman–Crippen LogP) is 2.87. The van der Waals surface area contributed by atoms with Gasteiger partial charge in [0.2, 0.25) is 0 Å². The maximum absolute atomic E-state index is 4.06. The van der Waals surface area contributed by atoms with Gasteiger partial charge in [-0.25, -0.2) is 0 Å². The summed E-state index contributed by atoms with van der Waals surface area (Å²) in [6, 6.07) is 12.0. The minimum absolute atomic E-state index is 0.987. The van der Waals surface area contributed by atoms with Crippen molar-refractivity contribution in [2.24, 2.45) is 0 Å². The van der Waals surface area contributed by atoms with E-state index in [1.165, 1.54) is 0 Å². The minimum Gasteiger partial charge on any atom is -0.385 e. The number of hydrogen-bond acceptors (Lipinski definition) is 3. The minimum atomic E-state index is 0.987. The monoisotopic (exact) mass is 199 g/mol. The van der Waals surface area contributed by atoms with E-state index in [9.17, 15) is 0 Å². The van der Waals surface area contributed by atoms with Crippen molar-refractivity contribution in [3.63, 3.8) is 0 Å². The molecule has 76 valence electrons. The summed E-state index contributed by atoms with van der Waals surface area (Å²) in [5.41, 5.74) is 3.08. The third-order valence-corrected chi connectivity index (χ3v) is 2.14. The van der Waals surface area contributed by atoms with Crippen molar-refractivity contribution in [2.75, 3.05) is 17.7 Å². The molecule has 0 bridgehead atoms. The van der Waals surface area contributed by atoms with Crippen LogP contribution in [0, 0.1) is 0 Å². The van der Waals surface area contributed by atoms with Gasteiger partial charge in [-0.1, -0.05) is 18.2 Å². The predicted molar refractivity (Wildman–Crippen MR) is 63.5 cm³/mol. The van der Waals surface area contributed by atoms with Crippen LogP contribution in [0.1, 0.15) is 0 Å². The molecule has 0 aliphatic carbocycles. The van der Waals surface area contributed by atoms with Gasteiger partial charge < -0.3 is 10.6 Å². The molecule has 3 heteroatoms. The van der Waals surface area contributed by atoms with E-state index < -0.39 is 0 Å². The fraction of sp³-hybridized carbons (Fsp3) is 0.0833. The van der Waals surface area contributed by atoms with E-state index in [4.69, 9.17) is 0 Å². The summed E-state index contributed by atoms with van der Waals surface area (Å²) in [6.07, 6.45) is 3.57. The Labute approximate surface area is 89.2 Å². The number of hydrogen-bond donors (Lipinski definition) is 2. The number of nitrogens with one attached hydrogen (secondary N) is 2. The lowest BCUT2D eigenvalue weighted by atomic mass is 10.3. The Kier molecular flexibility index (Phi) is 2.83. The Morgan fingerprint density at radius 1 is 1.00 bits per heavy atom. The van der Waals surface area contributed by atoms with Crippen molar-refractivity contribution in [3.05, 3.63) is 48.8 Å². The standard InChI is InChI=1S/C12H13N3/c1-13-12-9-14-8-7-11(12)15-10-5-3-2-4-6-10/h2-9,13H,1H3,(H,14,15). The van der Waals surface area contributed by atoms with Crippen LogP contribution in [0.2, 0.25) is 0 Å². The number of aromatic nitrogens is 1. The number of anilines is 3. The lowest BCUT2D eigenvalue weighted by Gasteiger charge is -2.10. The molecule has 0 amide bonds. The smallest absolute Gasteiger partial charge is 0.0763 e. The van der Waals surface area contributed by atoms with E-state index in [2.05, 4.69) is 15.6 Å². The molecule has 0 atom stereocenters. The van der Waals surface area contributed by atoms with Gasteiger partial charge in [0.15, 0.2) is 0 Å². The summed E-state index contributed by atoms with van der Waals surface area (Å²) in [4.78, 5) is 4.06. The van der Waals surface area contributed by atoms with Gasteiger partial charge >= 0.3 is 0 Å². The Morgan fingerprint density at radius 3 is 2.53 bits per heavy atom. The Morgan fingerprint density at radius 2 is 1.80 bits per heavy atom. The third kappa shape index (κ3) is 2.26. The maximum atomic E-state index is 4.06. The van der Waals surface area contributed by atoms with Gasteiger partial charge in [0, 0.05) is 18.9 Å². The Balaban J connectivity index is 2.24. The van der Waals surface area contributed by atoms with Crippen LogP contribution in [0.5, 0.6) is 0 Å². The summed E-state index contributed by atoms with van der Waals surface area (Å²) in [5, 5.41) is 6.41. The molecule has 2 N–H and O–H groups in total. The average Bonchev–Trinajstić information content (AvgIpc) is 2.31. The zero-order chi connectivity index (χ0) is 10.5. The molecule has 0 fully saturated rings. The van der Waals surface area contributed by atoms with Crippen LogP contribution in [0.4, 0.5) is 17.1 Å². The zero-order valence-corrected chi connectivity index (χ0v) is 8.57. The van der Waals surface area contributed by atoms with Crippen molar-refractivity contribution < 1.29 is 0 Å². The van der Waals surface area contributed by atoms with Gasteiger partial charge in [-0.05, 0) is 18.2 Å². The fourth-order valence-electron chi connectivity index (χ4n) is 1.38. The molecule has 0 aliphatic heterocycles. The lowest BCUT2D eigenvalue weighted by Crippen LogP contribution is -1.97. The first kappa shape index (κ1) is 9.52. The first-order valence-electron chi connectivity index (χ1n) is 4.84. The number of benzene rings is 1. The zero-order valence-electron chi connectivity index (χ0n) is 8.57. The van der Waals surface area contributed by atoms with Crippen molar-refractivity contribution >= 4 is 17.1 Å². The van der Waals surface area contributed by atoms with Gasteiger partial charge in [0.05, 0.1) is 17.6 Å². The lowest BCUT2D eigenvalue weighted by molar-refractivity contribution is 1.31. The highest BCUT2D eigenvalue weighted by Gasteiger charge is 1.99. The Bertz CT molecular complexity index is 426. The molecular formula is C12H13N3. The molecule has 1 heterocycles. The van der Waals surface area contributed by atoms with Gasteiger partial charge in [-0.2, -0.15) is 0 Å². The van der Waals surface area contributed by atoms with Crippen molar-refractivity contribution in [1.82, 2.24) is 4.98 Å². The molecule has 0 saturated carbocycles. The topological polar surface area (TPSA) is 37.0 Å². The molecule has 0 unspecified atom stereocenters. The third-order valence-electron chi connectivity index (χ3n) is 2.14. The molecule has 0 spiro atoms. The molecule has 0 aliphatic rings. The Hall–Kier alpha value is -2.03. The van der Waals surface area contributed by atoms with Crippen LogP contribution in [0.15, 0.2) is 48.8 Å². The van der Waals surface area contributed by atoms with Crippen LogP contribution in [0.3, 0.4) is 0 Å². The second-order valence-electron chi connectivity index (χ2n) is 3.16. The van der Waals surface area contributed by atoms with Crippen molar-refractivity contribution in [3.8, 4) is 0 Å². The average molecular weight is 199 g/mol. The van der Waals surface area contributed by atoms with Gasteiger partial charge in [0.25, 0.3) is 0 Å². The van der Waals surface area contributed by atoms with E-state index in [1.807, 2.05) is 43.4 Å². The van der Waals surface area contributed by atoms with E-state index in [0.717, 1.165) is 17.1 Å². The number of para-hydroxylation sites is 1. The molecular weight excluding hydrogens is 186 g/mol. The van der Waals surface area contributed by atoms with E-state index >= 15 is 0 Å². The van der Waals surface area contributed by atoms with Crippen LogP contribution in [-0.2, 0) is 0 Å². The molecule has 2 rings (SSSR count). The maximum Gasteiger partial charge on any atom is 0.0763 e. The van der Waals surface area contributed by atoms with Gasteiger partial charge in [-0.3, -0.25) is 4.98 Å². The molecule has 1 aromatic carbocycles. The molecule has 2 aromatic rings. The van der Waals surface area contributed by atoms with Crippen LogP contribution >= 0.6 is 0 Å².